The summed E-state index contributed by atoms with van der Waals surface area (Å²) in [7, 11) is 0. The highest BCUT2D eigenvalue weighted by Crippen LogP contribution is 2.09. The van der Waals surface area contributed by atoms with Crippen molar-refractivity contribution in [1.82, 2.24) is 5.32 Å². The molecule has 0 aromatic heterocycles. The second-order valence-corrected chi connectivity index (χ2v) is 2.55. The number of hydrogen-bond acceptors (Lipinski definition) is 2. The summed E-state index contributed by atoms with van der Waals surface area (Å²) >= 11 is 0. The number of aliphatic hydroxyl groups excluding tert-OH is 1. The van der Waals surface area contributed by atoms with E-state index >= 15 is 0 Å². The van der Waals surface area contributed by atoms with Crippen LogP contribution in [-0.2, 0) is 4.79 Å². The van der Waals surface area contributed by atoms with Crippen LogP contribution in [-0.4, -0.2) is 23.7 Å². The van der Waals surface area contributed by atoms with E-state index in [0.29, 0.717) is 6.54 Å². The summed E-state index contributed by atoms with van der Waals surface area (Å²) in [6.07, 6.45) is -0.167. The fourth-order valence-corrected chi connectivity index (χ4v) is 0.874. The van der Waals surface area contributed by atoms with Gasteiger partial charge in [-0.1, -0.05) is 6.92 Å². The Morgan fingerprint density at radius 3 is 2.89 bits per heavy atom. The Morgan fingerprint density at radius 1 is 1.78 bits per heavy atom. The van der Waals surface area contributed by atoms with E-state index in [1.807, 2.05) is 6.92 Å². The first-order chi connectivity index (χ1) is 4.20. The van der Waals surface area contributed by atoms with Crippen molar-refractivity contribution in [1.29, 1.82) is 0 Å². The van der Waals surface area contributed by atoms with Gasteiger partial charge in [-0.15, -0.1) is 0 Å². The number of amides is 1. The lowest BCUT2D eigenvalue weighted by Crippen LogP contribution is -2.42. The van der Waals surface area contributed by atoms with Crippen LogP contribution in [0.25, 0.3) is 0 Å². The molecule has 3 heteroatoms. The van der Waals surface area contributed by atoms with Gasteiger partial charge in [-0.3, -0.25) is 4.79 Å². The second-order valence-electron chi connectivity index (χ2n) is 2.55. The van der Waals surface area contributed by atoms with Crippen molar-refractivity contribution in [2.45, 2.75) is 19.4 Å². The molecule has 0 aromatic carbocycles. The molecule has 0 aromatic rings. The van der Waals surface area contributed by atoms with E-state index in [4.69, 9.17) is 5.11 Å². The third-order valence-corrected chi connectivity index (χ3v) is 1.67. The van der Waals surface area contributed by atoms with E-state index in [-0.39, 0.29) is 18.2 Å². The van der Waals surface area contributed by atoms with Crippen LogP contribution in [0.4, 0.5) is 0 Å². The van der Waals surface area contributed by atoms with Gasteiger partial charge in [0.05, 0.1) is 12.5 Å². The molecule has 0 radical (unpaired) electrons. The van der Waals surface area contributed by atoms with Crippen LogP contribution in [0.5, 0.6) is 0 Å². The molecule has 1 rings (SSSR count). The van der Waals surface area contributed by atoms with Crippen LogP contribution >= 0.6 is 0 Å². The maximum absolute atomic E-state index is 10.5. The number of carbonyl (C=O) groups is 1. The molecule has 1 fully saturated rings. The predicted molar refractivity (Wildman–Crippen MR) is 32.8 cm³/mol. The minimum absolute atomic E-state index is 0.0411. The van der Waals surface area contributed by atoms with Gasteiger partial charge in [0.2, 0.25) is 5.91 Å². The highest BCUT2D eigenvalue weighted by molar-refractivity contribution is 5.77. The van der Waals surface area contributed by atoms with E-state index in [1.54, 1.807) is 0 Å². The first-order valence-corrected chi connectivity index (χ1v) is 3.15. The standard InChI is InChI=1S/C6H11NO2/c1-4-3-7-6(9)2-5(4)8/h4-5,8H,2-3H2,1H3,(H,7,9)/t4-,5-/m0/s1. The number of carbonyl (C=O) groups excluding carboxylic acids is 1. The molecule has 0 unspecified atom stereocenters. The van der Waals surface area contributed by atoms with Gasteiger partial charge in [0.25, 0.3) is 0 Å². The summed E-state index contributed by atoms with van der Waals surface area (Å²) in [5.41, 5.74) is 0. The van der Waals surface area contributed by atoms with Gasteiger partial charge >= 0.3 is 0 Å². The third-order valence-electron chi connectivity index (χ3n) is 1.67. The fraction of sp³-hybridized carbons (Fsp3) is 0.833. The van der Waals surface area contributed by atoms with E-state index in [0.717, 1.165) is 0 Å². The van der Waals surface area contributed by atoms with Crippen molar-refractivity contribution >= 4 is 5.91 Å². The Hall–Kier alpha value is -0.570. The van der Waals surface area contributed by atoms with Gasteiger partial charge in [-0.25, -0.2) is 0 Å². The van der Waals surface area contributed by atoms with E-state index < -0.39 is 6.10 Å². The van der Waals surface area contributed by atoms with Crippen LogP contribution in [0.2, 0.25) is 0 Å². The highest BCUT2D eigenvalue weighted by Gasteiger charge is 2.22. The van der Waals surface area contributed by atoms with Crippen molar-refractivity contribution in [3.05, 3.63) is 0 Å². The van der Waals surface area contributed by atoms with Crippen molar-refractivity contribution in [3.63, 3.8) is 0 Å². The lowest BCUT2D eigenvalue weighted by atomic mass is 9.98. The number of rotatable bonds is 0. The summed E-state index contributed by atoms with van der Waals surface area (Å²) < 4.78 is 0. The lowest BCUT2D eigenvalue weighted by Gasteiger charge is -2.23. The van der Waals surface area contributed by atoms with Gasteiger partial charge in [-0.2, -0.15) is 0 Å². The summed E-state index contributed by atoms with van der Waals surface area (Å²) in [6, 6.07) is 0. The molecule has 0 bridgehead atoms. The van der Waals surface area contributed by atoms with Crippen molar-refractivity contribution in [3.8, 4) is 0 Å². The maximum atomic E-state index is 10.5. The molecule has 1 saturated heterocycles. The van der Waals surface area contributed by atoms with Crippen LogP contribution in [0.1, 0.15) is 13.3 Å². The van der Waals surface area contributed by atoms with Gasteiger partial charge in [0, 0.05) is 6.54 Å². The smallest absolute Gasteiger partial charge is 0.222 e. The topological polar surface area (TPSA) is 49.3 Å². The number of piperidine rings is 1. The molecule has 1 amide bonds. The zero-order valence-corrected chi connectivity index (χ0v) is 5.42. The number of aliphatic hydroxyl groups is 1. The Bertz CT molecular complexity index is 124. The zero-order valence-electron chi connectivity index (χ0n) is 5.42. The molecule has 2 N–H and O–H groups in total. The third kappa shape index (κ3) is 1.42. The minimum atomic E-state index is -0.432. The van der Waals surface area contributed by atoms with Crippen LogP contribution in [0, 0.1) is 5.92 Å². The van der Waals surface area contributed by atoms with Crippen LogP contribution < -0.4 is 5.32 Å². The van der Waals surface area contributed by atoms with Crippen molar-refractivity contribution in [2.75, 3.05) is 6.54 Å². The van der Waals surface area contributed by atoms with Gasteiger partial charge in [-0.05, 0) is 5.92 Å². The number of hydrogen-bond donors (Lipinski definition) is 2. The average Bonchev–Trinajstić information content (AvgIpc) is 1.80. The highest BCUT2D eigenvalue weighted by atomic mass is 16.3. The van der Waals surface area contributed by atoms with E-state index in [9.17, 15) is 4.79 Å². The summed E-state index contributed by atoms with van der Waals surface area (Å²) in [6.45, 7) is 2.53. The normalized spacial score (nSPS) is 36.0. The molecular weight excluding hydrogens is 118 g/mol. The minimum Gasteiger partial charge on any atom is -0.392 e. The lowest BCUT2D eigenvalue weighted by molar-refractivity contribution is -0.126. The summed E-state index contributed by atoms with van der Waals surface area (Å²) in [5.74, 6) is 0.170. The predicted octanol–water partition coefficient (Wildman–Crippen LogP) is -0.497. The molecule has 2 atom stereocenters. The molecule has 0 spiro atoms. The van der Waals surface area contributed by atoms with E-state index in [2.05, 4.69) is 5.32 Å². The molecule has 0 saturated carbocycles. The molecule has 52 valence electrons. The molecule has 1 aliphatic rings. The van der Waals surface area contributed by atoms with Gasteiger partial charge in [0.1, 0.15) is 0 Å². The monoisotopic (exact) mass is 129 g/mol. The quantitative estimate of drug-likeness (QED) is 0.463. The molecule has 1 heterocycles. The van der Waals surface area contributed by atoms with Crippen LogP contribution in [0.15, 0.2) is 0 Å². The summed E-state index contributed by atoms with van der Waals surface area (Å²) in [5, 5.41) is 11.8. The Labute approximate surface area is 54.1 Å². The van der Waals surface area contributed by atoms with Gasteiger partial charge in [0.15, 0.2) is 0 Å². The van der Waals surface area contributed by atoms with Crippen LogP contribution in [0.3, 0.4) is 0 Å². The Kier molecular flexibility index (Phi) is 1.71. The molecule has 0 aliphatic carbocycles. The Morgan fingerprint density at radius 2 is 2.44 bits per heavy atom. The zero-order chi connectivity index (χ0) is 6.85. The fourth-order valence-electron chi connectivity index (χ4n) is 0.874. The molecule has 1 aliphatic heterocycles. The second kappa shape index (κ2) is 2.35. The van der Waals surface area contributed by atoms with Crippen molar-refractivity contribution in [2.24, 2.45) is 5.92 Å². The number of nitrogens with one attached hydrogen (secondary N) is 1. The maximum Gasteiger partial charge on any atom is 0.222 e. The Balaban J connectivity index is 2.44. The first kappa shape index (κ1) is 6.55. The van der Waals surface area contributed by atoms with Gasteiger partial charge < -0.3 is 10.4 Å². The van der Waals surface area contributed by atoms with Crippen molar-refractivity contribution < 1.29 is 9.90 Å². The summed E-state index contributed by atoms with van der Waals surface area (Å²) in [4.78, 5) is 10.5. The first-order valence-electron chi connectivity index (χ1n) is 3.15. The molecular formula is C6H11NO2. The largest absolute Gasteiger partial charge is 0.392 e. The molecule has 9 heavy (non-hydrogen) atoms. The SMILES string of the molecule is C[C@H]1CNC(=O)C[C@@H]1O. The van der Waals surface area contributed by atoms with E-state index in [1.165, 1.54) is 0 Å². The average molecular weight is 129 g/mol. The molecule has 3 nitrogen and oxygen atoms in total.